The third kappa shape index (κ3) is 2.70. The summed E-state index contributed by atoms with van der Waals surface area (Å²) in [5, 5.41) is 0. The zero-order valence-corrected chi connectivity index (χ0v) is 11.4. The highest BCUT2D eigenvalue weighted by Gasteiger charge is 2.30. The van der Waals surface area contributed by atoms with Crippen LogP contribution in [0.2, 0.25) is 0 Å². The van der Waals surface area contributed by atoms with Crippen molar-refractivity contribution < 1.29 is 9.47 Å². The summed E-state index contributed by atoms with van der Waals surface area (Å²) >= 11 is 0. The molecular weight excluding hydrogens is 228 g/mol. The van der Waals surface area contributed by atoms with E-state index in [-0.39, 0.29) is 5.54 Å². The summed E-state index contributed by atoms with van der Waals surface area (Å²) in [6.45, 7) is 9.33. The first-order valence-electron chi connectivity index (χ1n) is 6.41. The van der Waals surface area contributed by atoms with E-state index in [0.29, 0.717) is 6.61 Å². The van der Waals surface area contributed by atoms with Crippen molar-refractivity contribution in [1.82, 2.24) is 0 Å². The normalized spacial score (nSPS) is 18.7. The molecule has 4 nitrogen and oxygen atoms in total. The van der Waals surface area contributed by atoms with E-state index >= 15 is 0 Å². The van der Waals surface area contributed by atoms with Gasteiger partial charge in [-0.05, 0) is 26.8 Å². The van der Waals surface area contributed by atoms with Gasteiger partial charge in [0, 0.05) is 30.1 Å². The van der Waals surface area contributed by atoms with Gasteiger partial charge in [-0.2, -0.15) is 0 Å². The molecule has 0 aromatic heterocycles. The van der Waals surface area contributed by atoms with Gasteiger partial charge in [0.1, 0.15) is 5.75 Å². The van der Waals surface area contributed by atoms with E-state index in [1.165, 1.54) is 0 Å². The summed E-state index contributed by atoms with van der Waals surface area (Å²) < 4.78 is 11.1. The molecule has 2 N–H and O–H groups in total. The first-order valence-corrected chi connectivity index (χ1v) is 6.41. The lowest BCUT2D eigenvalue weighted by molar-refractivity contribution is 0.0644. The number of hydrogen-bond donors (Lipinski definition) is 1. The number of benzene rings is 1. The molecule has 0 amide bonds. The van der Waals surface area contributed by atoms with Crippen LogP contribution in [0.5, 0.6) is 5.75 Å². The highest BCUT2D eigenvalue weighted by molar-refractivity contribution is 5.61. The van der Waals surface area contributed by atoms with Crippen LogP contribution in [0.25, 0.3) is 0 Å². The summed E-state index contributed by atoms with van der Waals surface area (Å²) in [6, 6.07) is 5.91. The Kier molecular flexibility index (Phi) is 3.66. The fourth-order valence-electron chi connectivity index (χ4n) is 2.35. The molecule has 1 aromatic carbocycles. The predicted octanol–water partition coefficient (Wildman–Crippen LogP) is 2.28. The zero-order valence-electron chi connectivity index (χ0n) is 11.4. The van der Waals surface area contributed by atoms with Crippen LogP contribution in [0.1, 0.15) is 20.8 Å². The number of anilines is 2. The summed E-state index contributed by atoms with van der Waals surface area (Å²) in [5.41, 5.74) is 7.77. The monoisotopic (exact) mass is 250 g/mol. The van der Waals surface area contributed by atoms with E-state index < -0.39 is 0 Å². The van der Waals surface area contributed by atoms with Gasteiger partial charge in [0.15, 0.2) is 0 Å². The Morgan fingerprint density at radius 1 is 1.39 bits per heavy atom. The molecular formula is C14H22N2O2. The Morgan fingerprint density at radius 3 is 2.83 bits per heavy atom. The highest BCUT2D eigenvalue weighted by Crippen LogP contribution is 2.31. The van der Waals surface area contributed by atoms with Gasteiger partial charge >= 0.3 is 0 Å². The van der Waals surface area contributed by atoms with Crippen molar-refractivity contribution >= 4 is 11.4 Å². The van der Waals surface area contributed by atoms with Gasteiger partial charge in [0.25, 0.3) is 0 Å². The van der Waals surface area contributed by atoms with Crippen molar-refractivity contribution in [1.29, 1.82) is 0 Å². The highest BCUT2D eigenvalue weighted by atomic mass is 16.5. The first-order chi connectivity index (χ1) is 8.53. The second kappa shape index (κ2) is 5.06. The summed E-state index contributed by atoms with van der Waals surface area (Å²) in [6.07, 6.45) is 0. The number of hydrogen-bond acceptors (Lipinski definition) is 4. The Labute approximate surface area is 109 Å². The van der Waals surface area contributed by atoms with Crippen LogP contribution in [0.15, 0.2) is 18.2 Å². The van der Waals surface area contributed by atoms with Crippen LogP contribution in [0.3, 0.4) is 0 Å². The second-order valence-electron chi connectivity index (χ2n) is 5.21. The Bertz CT molecular complexity index is 418. The van der Waals surface area contributed by atoms with Crippen LogP contribution in [0, 0.1) is 0 Å². The van der Waals surface area contributed by atoms with Crippen molar-refractivity contribution in [3.63, 3.8) is 0 Å². The third-order valence-electron chi connectivity index (χ3n) is 3.18. The number of rotatable bonds is 3. The molecule has 100 valence electrons. The maximum absolute atomic E-state index is 5.95. The van der Waals surface area contributed by atoms with E-state index in [1.54, 1.807) is 0 Å². The number of ether oxygens (including phenoxy) is 2. The van der Waals surface area contributed by atoms with E-state index in [9.17, 15) is 0 Å². The summed E-state index contributed by atoms with van der Waals surface area (Å²) in [4.78, 5) is 2.33. The number of nitrogen functional groups attached to an aromatic ring is 1. The molecule has 1 saturated heterocycles. The molecule has 4 heteroatoms. The van der Waals surface area contributed by atoms with Crippen LogP contribution in [-0.2, 0) is 4.74 Å². The van der Waals surface area contributed by atoms with Crippen molar-refractivity contribution in [2.45, 2.75) is 26.3 Å². The van der Waals surface area contributed by atoms with Gasteiger partial charge in [-0.1, -0.05) is 0 Å². The van der Waals surface area contributed by atoms with Gasteiger partial charge in [-0.25, -0.2) is 0 Å². The molecule has 1 heterocycles. The maximum atomic E-state index is 5.95. The van der Waals surface area contributed by atoms with Crippen LogP contribution in [-0.4, -0.2) is 31.9 Å². The Hall–Kier alpha value is -1.42. The smallest absolute Gasteiger partial charge is 0.123 e. The van der Waals surface area contributed by atoms with Gasteiger partial charge in [0.05, 0.1) is 25.4 Å². The molecule has 0 radical (unpaired) electrons. The lowest BCUT2D eigenvalue weighted by atomic mass is 10.0. The Balaban J connectivity index is 2.31. The molecule has 1 aliphatic rings. The van der Waals surface area contributed by atoms with Gasteiger partial charge < -0.3 is 20.1 Å². The van der Waals surface area contributed by atoms with E-state index in [0.717, 1.165) is 36.9 Å². The largest absolute Gasteiger partial charge is 0.494 e. The van der Waals surface area contributed by atoms with Crippen molar-refractivity contribution in [3.05, 3.63) is 18.2 Å². The molecule has 1 fully saturated rings. The first kappa shape index (κ1) is 13.0. The lowest BCUT2D eigenvalue weighted by Gasteiger charge is -2.44. The molecule has 0 spiro atoms. The zero-order chi connectivity index (χ0) is 13.2. The summed E-state index contributed by atoms with van der Waals surface area (Å²) in [5.74, 6) is 0.829. The average molecular weight is 250 g/mol. The minimum absolute atomic E-state index is 0.0183. The minimum Gasteiger partial charge on any atom is -0.494 e. The van der Waals surface area contributed by atoms with Crippen molar-refractivity contribution in [2.24, 2.45) is 0 Å². The molecule has 18 heavy (non-hydrogen) atoms. The number of nitrogens with two attached hydrogens (primary N) is 1. The van der Waals surface area contributed by atoms with Gasteiger partial charge in [0.2, 0.25) is 0 Å². The molecule has 0 atom stereocenters. The fourth-order valence-corrected chi connectivity index (χ4v) is 2.35. The van der Waals surface area contributed by atoms with Crippen LogP contribution >= 0.6 is 0 Å². The quantitative estimate of drug-likeness (QED) is 0.836. The molecule has 2 rings (SSSR count). The SMILES string of the molecule is CCOc1cc(N)cc(N2CCOCC2(C)C)c1. The fraction of sp³-hybridized carbons (Fsp3) is 0.571. The molecule has 1 aliphatic heterocycles. The van der Waals surface area contributed by atoms with Crippen molar-refractivity contribution in [2.75, 3.05) is 37.0 Å². The predicted molar refractivity (Wildman–Crippen MR) is 74.3 cm³/mol. The van der Waals surface area contributed by atoms with Crippen LogP contribution in [0.4, 0.5) is 11.4 Å². The van der Waals surface area contributed by atoms with Gasteiger partial charge in [-0.3, -0.25) is 0 Å². The number of nitrogens with zero attached hydrogens (tertiary/aromatic N) is 1. The standard InChI is InChI=1S/C14H22N2O2/c1-4-18-13-8-11(15)7-12(9-13)16-5-6-17-10-14(16,2)3/h7-9H,4-6,10,15H2,1-3H3. The molecule has 1 aromatic rings. The number of morpholine rings is 1. The topological polar surface area (TPSA) is 47.7 Å². The lowest BCUT2D eigenvalue weighted by Crippen LogP contribution is -2.53. The van der Waals surface area contributed by atoms with E-state index in [1.807, 2.05) is 25.1 Å². The minimum atomic E-state index is -0.0183. The Morgan fingerprint density at radius 2 is 2.17 bits per heavy atom. The van der Waals surface area contributed by atoms with Gasteiger partial charge in [-0.15, -0.1) is 0 Å². The van der Waals surface area contributed by atoms with Crippen LogP contribution < -0.4 is 15.4 Å². The van der Waals surface area contributed by atoms with E-state index in [2.05, 4.69) is 18.7 Å². The molecule has 0 aliphatic carbocycles. The second-order valence-corrected chi connectivity index (χ2v) is 5.21. The average Bonchev–Trinajstić information content (AvgIpc) is 2.27. The van der Waals surface area contributed by atoms with Crippen molar-refractivity contribution in [3.8, 4) is 5.75 Å². The summed E-state index contributed by atoms with van der Waals surface area (Å²) in [7, 11) is 0. The molecule has 0 bridgehead atoms. The third-order valence-corrected chi connectivity index (χ3v) is 3.18. The maximum Gasteiger partial charge on any atom is 0.123 e. The van der Waals surface area contributed by atoms with E-state index in [4.69, 9.17) is 15.2 Å². The molecule has 0 unspecified atom stereocenters. The molecule has 0 saturated carbocycles.